The first-order valence-electron chi connectivity index (χ1n) is 8.24. The molecule has 2 aromatic carbocycles. The Hall–Kier alpha value is -3.28. The number of methoxy groups -OCH3 is 1. The molecule has 2 amide bonds. The molecule has 1 aliphatic heterocycles. The molecular formula is C20H20N2O4. The number of ether oxygens (including phenoxy) is 2. The highest BCUT2D eigenvalue weighted by atomic mass is 16.5. The van der Waals surface area contributed by atoms with Crippen molar-refractivity contribution in [3.05, 3.63) is 60.2 Å². The first-order valence-corrected chi connectivity index (χ1v) is 8.24. The van der Waals surface area contributed by atoms with E-state index < -0.39 is 6.10 Å². The second kappa shape index (κ2) is 7.74. The summed E-state index contributed by atoms with van der Waals surface area (Å²) >= 11 is 0. The molecule has 0 fully saturated rings. The molecule has 3 rings (SSSR count). The largest absolute Gasteiger partial charge is 0.496 e. The van der Waals surface area contributed by atoms with Crippen molar-refractivity contribution in [2.45, 2.75) is 6.10 Å². The van der Waals surface area contributed by atoms with Gasteiger partial charge in [-0.25, -0.2) is 0 Å². The molecule has 0 aliphatic carbocycles. The zero-order valence-electron chi connectivity index (χ0n) is 14.6. The quantitative estimate of drug-likeness (QED) is 0.857. The maximum absolute atomic E-state index is 12.8. The number of para-hydroxylation sites is 3. The van der Waals surface area contributed by atoms with Gasteiger partial charge in [0.2, 0.25) is 0 Å². The van der Waals surface area contributed by atoms with Crippen molar-refractivity contribution < 1.29 is 19.1 Å². The van der Waals surface area contributed by atoms with Gasteiger partial charge in [0.25, 0.3) is 11.8 Å². The Morgan fingerprint density at radius 3 is 2.69 bits per heavy atom. The van der Waals surface area contributed by atoms with Crippen molar-refractivity contribution in [2.24, 2.45) is 0 Å². The second-order valence-electron chi connectivity index (χ2n) is 5.71. The molecule has 6 nitrogen and oxygen atoms in total. The lowest BCUT2D eigenvalue weighted by molar-refractivity contribution is -0.127. The summed E-state index contributed by atoms with van der Waals surface area (Å²) in [4.78, 5) is 26.3. The zero-order valence-corrected chi connectivity index (χ0v) is 14.6. The number of nitrogens with zero attached hydrogens (tertiary/aromatic N) is 1. The Morgan fingerprint density at radius 2 is 1.92 bits per heavy atom. The van der Waals surface area contributed by atoms with E-state index in [1.165, 1.54) is 6.08 Å². The molecule has 26 heavy (non-hydrogen) atoms. The monoisotopic (exact) mass is 352 g/mol. The highest BCUT2D eigenvalue weighted by Gasteiger charge is 2.32. The second-order valence-corrected chi connectivity index (χ2v) is 5.71. The molecular weight excluding hydrogens is 332 g/mol. The maximum atomic E-state index is 12.8. The van der Waals surface area contributed by atoms with Crippen molar-refractivity contribution in [2.75, 3.05) is 25.6 Å². The third-order valence-electron chi connectivity index (χ3n) is 4.12. The molecule has 6 heteroatoms. The maximum Gasteiger partial charge on any atom is 0.262 e. The zero-order chi connectivity index (χ0) is 18.5. The summed E-state index contributed by atoms with van der Waals surface area (Å²) in [6.45, 7) is 0.145. The first kappa shape index (κ1) is 17.5. The molecule has 1 atom stereocenters. The van der Waals surface area contributed by atoms with Crippen molar-refractivity contribution >= 4 is 23.6 Å². The Balaban J connectivity index is 1.87. The van der Waals surface area contributed by atoms with Crippen LogP contribution < -0.4 is 19.7 Å². The van der Waals surface area contributed by atoms with Gasteiger partial charge in [0.15, 0.2) is 6.10 Å². The summed E-state index contributed by atoms with van der Waals surface area (Å²) in [5, 5.41) is 2.56. The predicted octanol–water partition coefficient (Wildman–Crippen LogP) is 2.25. The summed E-state index contributed by atoms with van der Waals surface area (Å²) in [6, 6.07) is 14.6. The minimum Gasteiger partial charge on any atom is -0.496 e. The van der Waals surface area contributed by atoms with E-state index in [4.69, 9.17) is 9.47 Å². The lowest BCUT2D eigenvalue weighted by atomic mass is 10.1. The van der Waals surface area contributed by atoms with Crippen LogP contribution in [0.4, 0.5) is 5.69 Å². The van der Waals surface area contributed by atoms with Crippen LogP contribution in [0.5, 0.6) is 11.5 Å². The number of likely N-dealkylation sites (N-methyl/N-ethyl adjacent to an activating group) is 1. The number of hydrogen-bond acceptors (Lipinski definition) is 4. The summed E-state index contributed by atoms with van der Waals surface area (Å²) in [5.74, 6) is 0.681. The third-order valence-corrected chi connectivity index (χ3v) is 4.12. The van der Waals surface area contributed by atoms with Crippen LogP contribution in [0.25, 0.3) is 6.08 Å². The Kier molecular flexibility index (Phi) is 5.22. The molecule has 0 spiro atoms. The SMILES string of the molecule is CNC(=O)[C@H]1CN(C(=O)/C=C/c2ccccc2OC)c2ccccc2O1. The Labute approximate surface area is 152 Å². The van der Waals surface area contributed by atoms with Crippen LogP contribution in [-0.4, -0.2) is 38.6 Å². The number of rotatable bonds is 4. The summed E-state index contributed by atoms with van der Waals surface area (Å²) < 4.78 is 11.0. The standard InChI is InChI=1S/C20H20N2O4/c1-21-20(24)18-13-22(15-8-4-6-10-17(15)26-18)19(23)12-11-14-7-3-5-9-16(14)25-2/h3-12,18H,13H2,1-2H3,(H,21,24)/b12-11+/t18-/m1/s1. The molecule has 0 saturated heterocycles. The lowest BCUT2D eigenvalue weighted by Gasteiger charge is -2.33. The molecule has 0 aromatic heterocycles. The lowest BCUT2D eigenvalue weighted by Crippen LogP contribution is -2.49. The molecule has 1 heterocycles. The van der Waals surface area contributed by atoms with Gasteiger partial charge >= 0.3 is 0 Å². The van der Waals surface area contributed by atoms with Crippen LogP contribution in [-0.2, 0) is 9.59 Å². The van der Waals surface area contributed by atoms with Crippen molar-refractivity contribution in [1.82, 2.24) is 5.32 Å². The number of benzene rings is 2. The summed E-state index contributed by atoms with van der Waals surface area (Å²) in [7, 11) is 3.13. The van der Waals surface area contributed by atoms with E-state index in [2.05, 4.69) is 5.32 Å². The van der Waals surface area contributed by atoms with Gasteiger partial charge in [-0.3, -0.25) is 9.59 Å². The molecule has 0 saturated carbocycles. The normalized spacial score (nSPS) is 15.9. The number of fused-ring (bicyclic) bond motifs is 1. The fraction of sp³-hybridized carbons (Fsp3) is 0.200. The highest BCUT2D eigenvalue weighted by molar-refractivity contribution is 6.06. The minimum absolute atomic E-state index is 0.145. The number of nitrogens with one attached hydrogen (secondary N) is 1. The van der Waals surface area contributed by atoms with Crippen LogP contribution in [0.3, 0.4) is 0 Å². The number of amides is 2. The number of anilines is 1. The van der Waals surface area contributed by atoms with E-state index in [0.29, 0.717) is 17.2 Å². The summed E-state index contributed by atoms with van der Waals surface area (Å²) in [5.41, 5.74) is 1.44. The fourth-order valence-corrected chi connectivity index (χ4v) is 2.80. The van der Waals surface area contributed by atoms with Crippen molar-refractivity contribution in [1.29, 1.82) is 0 Å². The van der Waals surface area contributed by atoms with Crippen LogP contribution in [0.15, 0.2) is 54.6 Å². The van der Waals surface area contributed by atoms with Gasteiger partial charge < -0.3 is 19.7 Å². The fourth-order valence-electron chi connectivity index (χ4n) is 2.80. The van der Waals surface area contributed by atoms with E-state index in [1.54, 1.807) is 43.3 Å². The smallest absolute Gasteiger partial charge is 0.262 e. The van der Waals surface area contributed by atoms with Crippen LogP contribution >= 0.6 is 0 Å². The highest BCUT2D eigenvalue weighted by Crippen LogP contribution is 2.33. The molecule has 2 aromatic rings. The van der Waals surface area contributed by atoms with E-state index in [-0.39, 0.29) is 18.4 Å². The summed E-state index contributed by atoms with van der Waals surface area (Å²) in [6.07, 6.45) is 2.42. The van der Waals surface area contributed by atoms with Crippen molar-refractivity contribution in [3.8, 4) is 11.5 Å². The molecule has 0 unspecified atom stereocenters. The van der Waals surface area contributed by atoms with Gasteiger partial charge in [-0.05, 0) is 24.3 Å². The van der Waals surface area contributed by atoms with Crippen molar-refractivity contribution in [3.63, 3.8) is 0 Å². The molecule has 1 N–H and O–H groups in total. The van der Waals surface area contributed by atoms with Gasteiger partial charge in [0.1, 0.15) is 11.5 Å². The van der Waals surface area contributed by atoms with Gasteiger partial charge in [-0.1, -0.05) is 30.3 Å². The third kappa shape index (κ3) is 3.54. The molecule has 134 valence electrons. The van der Waals surface area contributed by atoms with E-state index in [0.717, 1.165) is 5.56 Å². The number of carbonyl (C=O) groups is 2. The van der Waals surface area contributed by atoms with E-state index >= 15 is 0 Å². The van der Waals surface area contributed by atoms with Gasteiger partial charge in [0.05, 0.1) is 19.3 Å². The van der Waals surface area contributed by atoms with Crippen LogP contribution in [0.1, 0.15) is 5.56 Å². The predicted molar refractivity (Wildman–Crippen MR) is 99.3 cm³/mol. The van der Waals surface area contributed by atoms with Crippen LogP contribution in [0, 0.1) is 0 Å². The first-order chi connectivity index (χ1) is 12.6. The van der Waals surface area contributed by atoms with E-state index in [1.807, 2.05) is 30.3 Å². The Bertz CT molecular complexity index is 847. The van der Waals surface area contributed by atoms with Gasteiger partial charge in [-0.15, -0.1) is 0 Å². The number of carbonyl (C=O) groups excluding carboxylic acids is 2. The van der Waals surface area contributed by atoms with Gasteiger partial charge in [-0.2, -0.15) is 0 Å². The average molecular weight is 352 g/mol. The molecule has 1 aliphatic rings. The topological polar surface area (TPSA) is 67.9 Å². The van der Waals surface area contributed by atoms with Crippen LogP contribution in [0.2, 0.25) is 0 Å². The minimum atomic E-state index is -0.751. The average Bonchev–Trinajstić information content (AvgIpc) is 2.70. The van der Waals surface area contributed by atoms with Gasteiger partial charge in [0, 0.05) is 18.7 Å². The Morgan fingerprint density at radius 1 is 1.19 bits per heavy atom. The molecule has 0 bridgehead atoms. The molecule has 0 radical (unpaired) electrons. The van der Waals surface area contributed by atoms with E-state index in [9.17, 15) is 9.59 Å². The number of hydrogen-bond donors (Lipinski definition) is 1.